The largest absolute Gasteiger partial charge is 0.414 e. The van der Waals surface area contributed by atoms with Crippen molar-refractivity contribution < 1.29 is 13.9 Å². The lowest BCUT2D eigenvalue weighted by Crippen LogP contribution is -2.44. The highest BCUT2D eigenvalue weighted by molar-refractivity contribution is 6.74. The molecule has 0 saturated heterocycles. The minimum atomic E-state index is -1.76. The third-order valence-corrected chi connectivity index (χ3v) is 9.47. The predicted molar refractivity (Wildman–Crippen MR) is 97.1 cm³/mol. The third kappa shape index (κ3) is 4.54. The van der Waals surface area contributed by atoms with Gasteiger partial charge >= 0.3 is 0 Å². The number of ether oxygens (including phenoxy) is 2. The Bertz CT molecular complexity index is 519. The molecule has 1 aromatic rings. The van der Waals surface area contributed by atoms with Gasteiger partial charge < -0.3 is 13.9 Å². The molecule has 0 aromatic heterocycles. The molecule has 4 heteroatoms. The Labute approximate surface area is 141 Å². The number of hydrogen-bond donors (Lipinski definition) is 0. The van der Waals surface area contributed by atoms with Crippen LogP contribution in [-0.2, 0) is 13.9 Å². The molecule has 0 aliphatic carbocycles. The second kappa shape index (κ2) is 7.30. The van der Waals surface area contributed by atoms with Crippen LogP contribution in [0, 0.1) is 0 Å². The molecule has 2 rings (SSSR count). The average molecular weight is 335 g/mol. The Kier molecular flexibility index (Phi) is 5.84. The highest BCUT2D eigenvalue weighted by atomic mass is 28.4. The van der Waals surface area contributed by atoms with Crippen molar-refractivity contribution in [2.75, 3.05) is 13.7 Å². The van der Waals surface area contributed by atoms with E-state index < -0.39 is 8.32 Å². The number of methoxy groups -OCH3 is 1. The quantitative estimate of drug-likeness (QED) is 0.576. The van der Waals surface area contributed by atoms with Crippen LogP contribution in [0.5, 0.6) is 0 Å². The van der Waals surface area contributed by atoms with Crippen molar-refractivity contribution in [2.45, 2.75) is 57.2 Å². The van der Waals surface area contributed by atoms with E-state index >= 15 is 0 Å². The van der Waals surface area contributed by atoms with Gasteiger partial charge in [0.25, 0.3) is 0 Å². The predicted octanol–water partition coefficient (Wildman–Crippen LogP) is 4.72. The van der Waals surface area contributed by atoms with Crippen LogP contribution in [0.3, 0.4) is 0 Å². The Morgan fingerprint density at radius 1 is 1.09 bits per heavy atom. The molecule has 128 valence electrons. The van der Waals surface area contributed by atoms with E-state index in [1.807, 2.05) is 18.2 Å². The lowest BCUT2D eigenvalue weighted by molar-refractivity contribution is -0.163. The molecule has 0 N–H and O–H groups in total. The van der Waals surface area contributed by atoms with E-state index in [9.17, 15) is 0 Å². The van der Waals surface area contributed by atoms with Crippen molar-refractivity contribution in [3.05, 3.63) is 48.0 Å². The summed E-state index contributed by atoms with van der Waals surface area (Å²) in [7, 11) is -0.0568. The van der Waals surface area contributed by atoms with Gasteiger partial charge in [-0.2, -0.15) is 0 Å². The van der Waals surface area contributed by atoms with Crippen LogP contribution in [0.4, 0.5) is 0 Å². The first-order valence-corrected chi connectivity index (χ1v) is 11.2. The molecule has 23 heavy (non-hydrogen) atoms. The number of rotatable bonds is 5. The SMILES string of the molecule is CO[C@H]1O[C@H](CO[Si](C)(C)C(C)(C)C)C=C[C@@H]1c1ccccc1. The van der Waals surface area contributed by atoms with Crippen LogP contribution in [0.2, 0.25) is 18.1 Å². The lowest BCUT2D eigenvalue weighted by atomic mass is 9.95. The fraction of sp³-hybridized carbons (Fsp3) is 0.579. The number of benzene rings is 1. The Balaban J connectivity index is 2.02. The number of hydrogen-bond acceptors (Lipinski definition) is 3. The Hall–Kier alpha value is -0.943. The van der Waals surface area contributed by atoms with Gasteiger partial charge in [-0.25, -0.2) is 0 Å². The van der Waals surface area contributed by atoms with Crippen LogP contribution in [0.1, 0.15) is 32.3 Å². The van der Waals surface area contributed by atoms with Gasteiger partial charge in [0, 0.05) is 7.11 Å². The van der Waals surface area contributed by atoms with Crippen molar-refractivity contribution in [3.63, 3.8) is 0 Å². The summed E-state index contributed by atoms with van der Waals surface area (Å²) in [5.74, 6) is 0.130. The molecule has 1 aliphatic rings. The highest BCUT2D eigenvalue weighted by Gasteiger charge is 2.38. The van der Waals surface area contributed by atoms with Gasteiger partial charge in [-0.15, -0.1) is 0 Å². The zero-order valence-corrected chi connectivity index (χ0v) is 16.2. The fourth-order valence-corrected chi connectivity index (χ4v) is 3.40. The molecule has 0 spiro atoms. The summed E-state index contributed by atoms with van der Waals surface area (Å²) in [6, 6.07) is 10.3. The summed E-state index contributed by atoms with van der Waals surface area (Å²) in [5, 5.41) is 0.207. The Morgan fingerprint density at radius 2 is 1.74 bits per heavy atom. The zero-order valence-electron chi connectivity index (χ0n) is 15.2. The van der Waals surface area contributed by atoms with Gasteiger partial charge in [-0.3, -0.25) is 0 Å². The van der Waals surface area contributed by atoms with E-state index in [4.69, 9.17) is 13.9 Å². The molecular formula is C19H30O3Si. The van der Waals surface area contributed by atoms with Gasteiger partial charge in [-0.05, 0) is 23.7 Å². The molecule has 3 atom stereocenters. The molecule has 0 radical (unpaired) electrons. The van der Waals surface area contributed by atoms with Gasteiger partial charge in [-0.1, -0.05) is 63.3 Å². The summed E-state index contributed by atoms with van der Waals surface area (Å²) < 4.78 is 17.9. The van der Waals surface area contributed by atoms with Crippen LogP contribution < -0.4 is 0 Å². The minimum absolute atomic E-state index is 0.0472. The lowest BCUT2D eigenvalue weighted by Gasteiger charge is -2.38. The third-order valence-electron chi connectivity index (χ3n) is 4.97. The monoisotopic (exact) mass is 334 g/mol. The molecule has 0 fully saturated rings. The van der Waals surface area contributed by atoms with E-state index in [0.29, 0.717) is 6.61 Å². The maximum atomic E-state index is 6.27. The summed E-state index contributed by atoms with van der Waals surface area (Å²) >= 11 is 0. The summed E-state index contributed by atoms with van der Waals surface area (Å²) in [4.78, 5) is 0. The van der Waals surface area contributed by atoms with Gasteiger partial charge in [0.1, 0.15) is 6.10 Å². The van der Waals surface area contributed by atoms with E-state index in [1.54, 1.807) is 7.11 Å². The van der Waals surface area contributed by atoms with Crippen LogP contribution in [0.15, 0.2) is 42.5 Å². The normalized spacial score (nSPS) is 25.6. The topological polar surface area (TPSA) is 27.7 Å². The minimum Gasteiger partial charge on any atom is -0.414 e. The zero-order chi connectivity index (χ0) is 17.1. The molecular weight excluding hydrogens is 304 g/mol. The van der Waals surface area contributed by atoms with E-state index in [1.165, 1.54) is 5.56 Å². The second-order valence-corrected chi connectivity index (χ2v) is 12.5. The van der Waals surface area contributed by atoms with Crippen LogP contribution in [0.25, 0.3) is 0 Å². The van der Waals surface area contributed by atoms with Gasteiger partial charge in [0.2, 0.25) is 0 Å². The maximum absolute atomic E-state index is 6.27. The first-order valence-electron chi connectivity index (χ1n) is 8.30. The maximum Gasteiger partial charge on any atom is 0.192 e. The molecule has 0 amide bonds. The van der Waals surface area contributed by atoms with Gasteiger partial charge in [0.05, 0.1) is 12.5 Å². The van der Waals surface area contributed by atoms with Crippen molar-refractivity contribution in [3.8, 4) is 0 Å². The smallest absolute Gasteiger partial charge is 0.192 e. The van der Waals surface area contributed by atoms with E-state index in [2.05, 4.69) is 58.2 Å². The molecule has 0 saturated carbocycles. The van der Waals surface area contributed by atoms with Crippen molar-refractivity contribution in [1.29, 1.82) is 0 Å². The van der Waals surface area contributed by atoms with Gasteiger partial charge in [0.15, 0.2) is 14.6 Å². The molecule has 3 nitrogen and oxygen atoms in total. The molecule has 1 aliphatic heterocycles. The molecule has 0 bridgehead atoms. The summed E-state index contributed by atoms with van der Waals surface area (Å²) in [6.45, 7) is 11.9. The molecule has 1 heterocycles. The van der Waals surface area contributed by atoms with Crippen LogP contribution in [-0.4, -0.2) is 34.4 Å². The summed E-state index contributed by atoms with van der Waals surface area (Å²) in [6.07, 6.45) is 3.98. The van der Waals surface area contributed by atoms with E-state index in [0.717, 1.165) is 0 Å². The van der Waals surface area contributed by atoms with Crippen molar-refractivity contribution >= 4 is 8.32 Å². The van der Waals surface area contributed by atoms with Crippen molar-refractivity contribution in [2.24, 2.45) is 0 Å². The standard InChI is InChI=1S/C19H30O3Si/c1-19(2,3)23(5,6)21-14-16-12-13-17(18(20-4)22-16)15-10-8-7-9-11-15/h7-13,16-18H,14H2,1-6H3/t16-,17+,18-/m0/s1. The highest BCUT2D eigenvalue weighted by Crippen LogP contribution is 2.37. The second-order valence-electron chi connectivity index (χ2n) is 7.67. The van der Waals surface area contributed by atoms with Crippen molar-refractivity contribution in [1.82, 2.24) is 0 Å². The summed E-state index contributed by atoms with van der Waals surface area (Å²) in [5.41, 5.74) is 1.21. The fourth-order valence-electron chi connectivity index (χ4n) is 2.38. The molecule has 0 unspecified atom stereocenters. The Morgan fingerprint density at radius 3 is 2.30 bits per heavy atom. The van der Waals surface area contributed by atoms with E-state index in [-0.39, 0.29) is 23.4 Å². The average Bonchev–Trinajstić information content (AvgIpc) is 2.52. The first-order chi connectivity index (χ1) is 10.7. The molecule has 1 aromatic carbocycles. The first kappa shape index (κ1) is 18.4. The van der Waals surface area contributed by atoms with Crippen LogP contribution >= 0.6 is 0 Å².